The molecule has 3 aromatic rings. The van der Waals surface area contributed by atoms with Crippen LogP contribution in [0.15, 0.2) is 78.9 Å². The van der Waals surface area contributed by atoms with Crippen LogP contribution in [0.25, 0.3) is 6.08 Å². The fourth-order valence-corrected chi connectivity index (χ4v) is 4.73. The first kappa shape index (κ1) is 28.1. The van der Waals surface area contributed by atoms with Gasteiger partial charge in [0, 0.05) is 18.1 Å². The molecule has 9 heteroatoms. The Balaban J connectivity index is 1.10. The van der Waals surface area contributed by atoms with E-state index in [0.29, 0.717) is 16.9 Å². The Morgan fingerprint density at radius 2 is 1.27 bits per heavy atom. The third kappa shape index (κ3) is 6.82. The Bertz CT molecular complexity index is 1390. The molecule has 0 saturated carbocycles. The van der Waals surface area contributed by atoms with Gasteiger partial charge in [0.2, 0.25) is 0 Å². The lowest BCUT2D eigenvalue weighted by Gasteiger charge is -2.17. The van der Waals surface area contributed by atoms with Crippen molar-refractivity contribution in [3.63, 3.8) is 0 Å². The van der Waals surface area contributed by atoms with E-state index < -0.39 is 36.4 Å². The quantitative estimate of drug-likeness (QED) is 0.207. The minimum Gasteiger partial charge on any atom is -0.497 e. The Morgan fingerprint density at radius 1 is 0.732 bits per heavy atom. The fourth-order valence-electron chi connectivity index (χ4n) is 4.73. The summed E-state index contributed by atoms with van der Waals surface area (Å²) in [6, 6.07) is 20.9. The average Bonchev–Trinajstić information content (AvgIpc) is 3.59. The number of hydrogen-bond donors (Lipinski definition) is 0. The molecule has 0 radical (unpaired) electrons. The fraction of sp³-hybridized carbons (Fsp3) is 0.281. The van der Waals surface area contributed by atoms with E-state index >= 15 is 0 Å². The molecule has 2 saturated heterocycles. The highest BCUT2D eigenvalue weighted by atomic mass is 16.7. The standard InChI is InChI=1S/C32H30O9/c1-36-24-12-5-20(6-13-24)7-16-29(34)40-27-18-38-31-28(19-39-30(27)31)41-32(35)23-8-3-21(4-9-23)17-26(33)22-10-14-25(37-2)15-11-22/h3-16,27-28,30-31H,17-19H2,1-2H3/b16-7+/t27-,28+,30?,31?/m0/s1. The molecule has 212 valence electrons. The summed E-state index contributed by atoms with van der Waals surface area (Å²) < 4.78 is 33.0. The molecule has 2 aliphatic rings. The van der Waals surface area contributed by atoms with Crippen LogP contribution in [0.3, 0.4) is 0 Å². The third-order valence-electron chi connectivity index (χ3n) is 6.98. The summed E-state index contributed by atoms with van der Waals surface area (Å²) in [7, 11) is 3.16. The number of ether oxygens (including phenoxy) is 6. The van der Waals surface area contributed by atoms with Gasteiger partial charge in [-0.1, -0.05) is 24.3 Å². The summed E-state index contributed by atoms with van der Waals surface area (Å²) in [5.74, 6) is 0.313. The molecule has 5 rings (SSSR count). The van der Waals surface area contributed by atoms with Gasteiger partial charge in [-0.3, -0.25) is 4.79 Å². The van der Waals surface area contributed by atoms with Crippen molar-refractivity contribution in [3.8, 4) is 11.5 Å². The maximum Gasteiger partial charge on any atom is 0.338 e. The van der Waals surface area contributed by atoms with Gasteiger partial charge in [0.1, 0.15) is 23.7 Å². The van der Waals surface area contributed by atoms with E-state index in [1.54, 1.807) is 81.0 Å². The molecule has 3 aromatic carbocycles. The highest BCUT2D eigenvalue weighted by molar-refractivity contribution is 5.97. The number of carbonyl (C=O) groups is 3. The predicted octanol–water partition coefficient (Wildman–Crippen LogP) is 4.08. The van der Waals surface area contributed by atoms with E-state index in [-0.39, 0.29) is 25.4 Å². The largest absolute Gasteiger partial charge is 0.497 e. The molecule has 0 amide bonds. The summed E-state index contributed by atoms with van der Waals surface area (Å²) in [6.07, 6.45) is 0.874. The molecular formula is C32H30O9. The van der Waals surface area contributed by atoms with Gasteiger partial charge in [0.25, 0.3) is 0 Å². The maximum absolute atomic E-state index is 12.8. The van der Waals surface area contributed by atoms with Crippen LogP contribution < -0.4 is 9.47 Å². The second-order valence-corrected chi connectivity index (χ2v) is 9.65. The van der Waals surface area contributed by atoms with Crippen LogP contribution in [0.1, 0.15) is 31.8 Å². The topological polar surface area (TPSA) is 107 Å². The van der Waals surface area contributed by atoms with Crippen LogP contribution in [0.4, 0.5) is 0 Å². The van der Waals surface area contributed by atoms with Gasteiger partial charge in [-0.15, -0.1) is 0 Å². The Morgan fingerprint density at radius 3 is 1.85 bits per heavy atom. The average molecular weight is 559 g/mol. The van der Waals surface area contributed by atoms with Gasteiger partial charge in [-0.2, -0.15) is 0 Å². The SMILES string of the molecule is COc1ccc(/C=C/C(=O)O[C@H]2COC3C2OC[C@H]3OC(=O)c2ccc(CC(=O)c3ccc(OC)cc3)cc2)cc1. The van der Waals surface area contributed by atoms with Gasteiger partial charge >= 0.3 is 11.9 Å². The number of hydrogen-bond acceptors (Lipinski definition) is 9. The zero-order chi connectivity index (χ0) is 28.8. The van der Waals surface area contributed by atoms with Crippen LogP contribution in [0.5, 0.6) is 11.5 Å². The predicted molar refractivity (Wildman–Crippen MR) is 148 cm³/mol. The summed E-state index contributed by atoms with van der Waals surface area (Å²) in [5, 5.41) is 0. The van der Waals surface area contributed by atoms with Gasteiger partial charge in [-0.25, -0.2) is 9.59 Å². The Kier molecular flexibility index (Phi) is 8.76. The van der Waals surface area contributed by atoms with E-state index in [4.69, 9.17) is 28.4 Å². The molecule has 0 spiro atoms. The number of esters is 2. The molecule has 0 aliphatic carbocycles. The van der Waals surface area contributed by atoms with Crippen molar-refractivity contribution in [2.24, 2.45) is 0 Å². The van der Waals surface area contributed by atoms with Crippen LogP contribution in [0.2, 0.25) is 0 Å². The Labute approximate surface area is 237 Å². The normalized spacial score (nSPS) is 21.3. The number of benzene rings is 3. The van der Waals surface area contributed by atoms with Gasteiger partial charge in [-0.05, 0) is 65.7 Å². The number of carbonyl (C=O) groups excluding carboxylic acids is 3. The van der Waals surface area contributed by atoms with Crippen LogP contribution in [0, 0.1) is 0 Å². The third-order valence-corrected chi connectivity index (χ3v) is 6.98. The minimum atomic E-state index is -0.637. The van der Waals surface area contributed by atoms with Crippen molar-refractivity contribution in [1.82, 2.24) is 0 Å². The minimum absolute atomic E-state index is 0.0398. The molecule has 0 N–H and O–H groups in total. The molecule has 9 nitrogen and oxygen atoms in total. The highest BCUT2D eigenvalue weighted by Crippen LogP contribution is 2.31. The summed E-state index contributed by atoms with van der Waals surface area (Å²) in [4.78, 5) is 37.8. The molecule has 2 unspecified atom stereocenters. The first-order valence-electron chi connectivity index (χ1n) is 13.2. The summed E-state index contributed by atoms with van der Waals surface area (Å²) in [5.41, 5.74) is 2.53. The van der Waals surface area contributed by atoms with Crippen molar-refractivity contribution in [1.29, 1.82) is 0 Å². The maximum atomic E-state index is 12.8. The molecule has 41 heavy (non-hydrogen) atoms. The smallest absolute Gasteiger partial charge is 0.338 e. The number of methoxy groups -OCH3 is 2. The van der Waals surface area contributed by atoms with Gasteiger partial charge in [0.15, 0.2) is 18.0 Å². The zero-order valence-corrected chi connectivity index (χ0v) is 22.7. The lowest BCUT2D eigenvalue weighted by Crippen LogP contribution is -2.35. The molecule has 2 fully saturated rings. The first-order valence-corrected chi connectivity index (χ1v) is 13.2. The molecule has 2 heterocycles. The molecule has 4 atom stereocenters. The Hall–Kier alpha value is -4.47. The number of Topliss-reactive ketones (excluding diaryl/α,β-unsaturated/α-hetero) is 1. The van der Waals surface area contributed by atoms with Gasteiger partial charge < -0.3 is 28.4 Å². The second kappa shape index (κ2) is 12.8. The summed E-state index contributed by atoms with van der Waals surface area (Å²) >= 11 is 0. The lowest BCUT2D eigenvalue weighted by atomic mass is 10.0. The first-order chi connectivity index (χ1) is 19.9. The van der Waals surface area contributed by atoms with Crippen LogP contribution in [-0.2, 0) is 30.2 Å². The van der Waals surface area contributed by atoms with E-state index in [1.165, 1.54) is 6.08 Å². The number of ketones is 1. The van der Waals surface area contributed by atoms with Gasteiger partial charge in [0.05, 0.1) is 33.0 Å². The van der Waals surface area contributed by atoms with Crippen molar-refractivity contribution >= 4 is 23.8 Å². The van der Waals surface area contributed by atoms with E-state index in [1.807, 2.05) is 12.1 Å². The second-order valence-electron chi connectivity index (χ2n) is 9.65. The molecule has 2 aliphatic heterocycles. The monoisotopic (exact) mass is 558 g/mol. The lowest BCUT2D eigenvalue weighted by molar-refractivity contribution is -0.147. The summed E-state index contributed by atoms with van der Waals surface area (Å²) in [6.45, 7) is 0.272. The van der Waals surface area contributed by atoms with Crippen molar-refractivity contribution in [2.75, 3.05) is 27.4 Å². The molecule has 0 bridgehead atoms. The molecular weight excluding hydrogens is 528 g/mol. The van der Waals surface area contributed by atoms with E-state index in [0.717, 1.165) is 16.9 Å². The molecule has 0 aromatic heterocycles. The highest BCUT2D eigenvalue weighted by Gasteiger charge is 2.51. The van der Waals surface area contributed by atoms with Crippen molar-refractivity contribution in [3.05, 3.63) is 101 Å². The zero-order valence-electron chi connectivity index (χ0n) is 22.7. The van der Waals surface area contributed by atoms with E-state index in [9.17, 15) is 14.4 Å². The van der Waals surface area contributed by atoms with Crippen molar-refractivity contribution in [2.45, 2.75) is 30.8 Å². The van der Waals surface area contributed by atoms with Crippen molar-refractivity contribution < 1.29 is 42.8 Å². The van der Waals surface area contributed by atoms with Crippen LogP contribution in [-0.4, -0.2) is 69.6 Å². The van der Waals surface area contributed by atoms with E-state index in [2.05, 4.69) is 0 Å². The number of fused-ring (bicyclic) bond motifs is 1. The van der Waals surface area contributed by atoms with Crippen LogP contribution >= 0.6 is 0 Å². The number of rotatable bonds is 10.